The summed E-state index contributed by atoms with van der Waals surface area (Å²) in [5.74, 6) is 0. The van der Waals surface area contributed by atoms with E-state index < -0.39 is 0 Å². The average molecular weight is 349 g/mol. The van der Waals surface area contributed by atoms with E-state index in [2.05, 4.69) is 122 Å². The molecule has 4 aromatic carbocycles. The van der Waals surface area contributed by atoms with Gasteiger partial charge in [-0.05, 0) is 66.9 Å². The van der Waals surface area contributed by atoms with Crippen molar-refractivity contribution in [3.05, 3.63) is 114 Å². The van der Waals surface area contributed by atoms with Crippen LogP contribution in [0.25, 0.3) is 11.1 Å². The standard InChI is InChI=1S/C26H23N/c1-20-13-15-22(16-14-20)26-18-17-25(19-21(26)2)27(23-9-5-3-6-10-23)24-11-7-4-8-12-24/h3-19H,1-2H3. The first-order valence-electron chi connectivity index (χ1n) is 9.30. The van der Waals surface area contributed by atoms with Gasteiger partial charge in [-0.15, -0.1) is 0 Å². The van der Waals surface area contributed by atoms with Crippen LogP contribution in [0.2, 0.25) is 0 Å². The molecule has 0 aliphatic rings. The molecule has 0 saturated carbocycles. The molecule has 0 bridgehead atoms. The van der Waals surface area contributed by atoms with Gasteiger partial charge in [0.1, 0.15) is 0 Å². The molecule has 1 nitrogen and oxygen atoms in total. The Balaban J connectivity index is 1.79. The molecule has 0 aliphatic heterocycles. The maximum Gasteiger partial charge on any atom is 0.0464 e. The van der Waals surface area contributed by atoms with Crippen LogP contribution in [-0.2, 0) is 0 Å². The van der Waals surface area contributed by atoms with E-state index in [0.29, 0.717) is 0 Å². The highest BCUT2D eigenvalue weighted by molar-refractivity contribution is 5.79. The first-order chi connectivity index (χ1) is 13.2. The van der Waals surface area contributed by atoms with Gasteiger partial charge in [-0.2, -0.15) is 0 Å². The van der Waals surface area contributed by atoms with Crippen LogP contribution in [0.15, 0.2) is 103 Å². The molecule has 0 N–H and O–H groups in total. The monoisotopic (exact) mass is 349 g/mol. The summed E-state index contributed by atoms with van der Waals surface area (Å²) in [7, 11) is 0. The molecule has 1 heteroatoms. The Bertz CT molecular complexity index is 979. The normalized spacial score (nSPS) is 10.6. The molecule has 4 rings (SSSR count). The number of para-hydroxylation sites is 2. The summed E-state index contributed by atoms with van der Waals surface area (Å²) in [6.07, 6.45) is 0. The van der Waals surface area contributed by atoms with E-state index in [1.54, 1.807) is 0 Å². The van der Waals surface area contributed by atoms with Crippen LogP contribution in [-0.4, -0.2) is 0 Å². The molecule has 0 unspecified atom stereocenters. The van der Waals surface area contributed by atoms with E-state index in [0.717, 1.165) is 11.4 Å². The fourth-order valence-electron chi connectivity index (χ4n) is 3.45. The predicted octanol–water partition coefficient (Wildman–Crippen LogP) is 7.44. The molecule has 0 atom stereocenters. The molecule has 0 radical (unpaired) electrons. The van der Waals surface area contributed by atoms with Crippen LogP contribution in [0.1, 0.15) is 11.1 Å². The number of anilines is 3. The second-order valence-electron chi connectivity index (χ2n) is 6.87. The highest BCUT2D eigenvalue weighted by Gasteiger charge is 2.13. The summed E-state index contributed by atoms with van der Waals surface area (Å²) in [6, 6.07) is 36.5. The molecule has 0 amide bonds. The average Bonchev–Trinajstić information content (AvgIpc) is 2.71. The van der Waals surface area contributed by atoms with E-state index in [4.69, 9.17) is 0 Å². The highest BCUT2D eigenvalue weighted by atomic mass is 15.1. The lowest BCUT2D eigenvalue weighted by Crippen LogP contribution is -2.09. The van der Waals surface area contributed by atoms with Gasteiger partial charge in [0.05, 0.1) is 0 Å². The summed E-state index contributed by atoms with van der Waals surface area (Å²) in [5.41, 5.74) is 8.58. The minimum absolute atomic E-state index is 1.16. The van der Waals surface area contributed by atoms with E-state index >= 15 is 0 Å². The highest BCUT2D eigenvalue weighted by Crippen LogP contribution is 2.36. The van der Waals surface area contributed by atoms with Crippen LogP contribution in [0.5, 0.6) is 0 Å². The van der Waals surface area contributed by atoms with Crippen molar-refractivity contribution >= 4 is 17.1 Å². The summed E-state index contributed by atoms with van der Waals surface area (Å²) < 4.78 is 0. The zero-order valence-corrected chi connectivity index (χ0v) is 15.8. The van der Waals surface area contributed by atoms with Crippen molar-refractivity contribution in [2.75, 3.05) is 4.90 Å². The van der Waals surface area contributed by atoms with Gasteiger partial charge < -0.3 is 4.90 Å². The van der Waals surface area contributed by atoms with Crippen molar-refractivity contribution in [1.82, 2.24) is 0 Å². The number of nitrogens with zero attached hydrogens (tertiary/aromatic N) is 1. The molecule has 0 aromatic heterocycles. The third kappa shape index (κ3) is 3.63. The van der Waals surface area contributed by atoms with Gasteiger partial charge in [0.2, 0.25) is 0 Å². The van der Waals surface area contributed by atoms with Gasteiger partial charge in [-0.1, -0.05) is 72.3 Å². The van der Waals surface area contributed by atoms with Crippen LogP contribution < -0.4 is 4.90 Å². The Morgan fingerprint density at radius 1 is 0.519 bits per heavy atom. The molecule has 132 valence electrons. The van der Waals surface area contributed by atoms with Crippen molar-refractivity contribution in [2.24, 2.45) is 0 Å². The molecule has 0 spiro atoms. The SMILES string of the molecule is Cc1ccc(-c2ccc(N(c3ccccc3)c3ccccc3)cc2C)cc1. The number of hydrogen-bond donors (Lipinski definition) is 0. The van der Waals surface area contributed by atoms with Gasteiger partial charge >= 0.3 is 0 Å². The maximum atomic E-state index is 2.30. The van der Waals surface area contributed by atoms with E-state index in [1.807, 2.05) is 0 Å². The van der Waals surface area contributed by atoms with Gasteiger partial charge in [-0.3, -0.25) is 0 Å². The van der Waals surface area contributed by atoms with Crippen LogP contribution in [0, 0.1) is 13.8 Å². The topological polar surface area (TPSA) is 3.24 Å². The molecule has 0 saturated heterocycles. The molecule has 0 aliphatic carbocycles. The zero-order valence-electron chi connectivity index (χ0n) is 15.8. The first-order valence-corrected chi connectivity index (χ1v) is 9.30. The Hall–Kier alpha value is -3.32. The van der Waals surface area contributed by atoms with Crippen molar-refractivity contribution in [2.45, 2.75) is 13.8 Å². The zero-order chi connectivity index (χ0) is 18.6. The van der Waals surface area contributed by atoms with Crippen LogP contribution in [0.3, 0.4) is 0 Å². The van der Waals surface area contributed by atoms with Gasteiger partial charge in [-0.25, -0.2) is 0 Å². The predicted molar refractivity (Wildman–Crippen MR) is 116 cm³/mol. The number of hydrogen-bond acceptors (Lipinski definition) is 1. The quantitative estimate of drug-likeness (QED) is 0.370. The summed E-state index contributed by atoms with van der Waals surface area (Å²) in [4.78, 5) is 2.30. The van der Waals surface area contributed by atoms with Crippen molar-refractivity contribution in [3.63, 3.8) is 0 Å². The second kappa shape index (κ2) is 7.51. The van der Waals surface area contributed by atoms with Gasteiger partial charge in [0.15, 0.2) is 0 Å². The lowest BCUT2D eigenvalue weighted by atomic mass is 9.98. The summed E-state index contributed by atoms with van der Waals surface area (Å²) in [6.45, 7) is 4.31. The van der Waals surface area contributed by atoms with Crippen molar-refractivity contribution in [3.8, 4) is 11.1 Å². The minimum atomic E-state index is 1.16. The van der Waals surface area contributed by atoms with Crippen molar-refractivity contribution < 1.29 is 0 Å². The van der Waals surface area contributed by atoms with Crippen LogP contribution >= 0.6 is 0 Å². The lowest BCUT2D eigenvalue weighted by Gasteiger charge is -2.26. The van der Waals surface area contributed by atoms with Crippen LogP contribution in [0.4, 0.5) is 17.1 Å². The molecular formula is C26H23N. The smallest absolute Gasteiger partial charge is 0.0464 e. The summed E-state index contributed by atoms with van der Waals surface area (Å²) in [5, 5.41) is 0. The minimum Gasteiger partial charge on any atom is -0.310 e. The van der Waals surface area contributed by atoms with Gasteiger partial charge in [0, 0.05) is 17.1 Å². The maximum absolute atomic E-state index is 2.30. The number of benzene rings is 4. The molecule has 0 fully saturated rings. The first kappa shape index (κ1) is 17.1. The summed E-state index contributed by atoms with van der Waals surface area (Å²) >= 11 is 0. The van der Waals surface area contributed by atoms with E-state index in [9.17, 15) is 0 Å². The van der Waals surface area contributed by atoms with E-state index in [1.165, 1.54) is 27.9 Å². The molecule has 0 heterocycles. The number of aryl methyl sites for hydroxylation is 2. The fraction of sp³-hybridized carbons (Fsp3) is 0.0769. The Kier molecular flexibility index (Phi) is 4.76. The van der Waals surface area contributed by atoms with E-state index in [-0.39, 0.29) is 0 Å². The van der Waals surface area contributed by atoms with Gasteiger partial charge in [0.25, 0.3) is 0 Å². The Morgan fingerprint density at radius 2 is 1.07 bits per heavy atom. The molecular weight excluding hydrogens is 326 g/mol. The third-order valence-corrected chi connectivity index (χ3v) is 4.86. The third-order valence-electron chi connectivity index (χ3n) is 4.86. The Labute approximate surface area is 161 Å². The number of rotatable bonds is 4. The molecule has 4 aromatic rings. The molecule has 27 heavy (non-hydrogen) atoms. The largest absolute Gasteiger partial charge is 0.310 e. The van der Waals surface area contributed by atoms with Crippen molar-refractivity contribution in [1.29, 1.82) is 0 Å². The fourth-order valence-corrected chi connectivity index (χ4v) is 3.45. The lowest BCUT2D eigenvalue weighted by molar-refractivity contribution is 1.27. The Morgan fingerprint density at radius 3 is 1.59 bits per heavy atom. The second-order valence-corrected chi connectivity index (χ2v) is 6.87.